The fourth-order valence-corrected chi connectivity index (χ4v) is 2.51. The van der Waals surface area contributed by atoms with Crippen molar-refractivity contribution < 1.29 is 14.3 Å². The van der Waals surface area contributed by atoms with Crippen molar-refractivity contribution in [3.8, 4) is 5.69 Å². The van der Waals surface area contributed by atoms with E-state index >= 15 is 0 Å². The highest BCUT2D eigenvalue weighted by molar-refractivity contribution is 5.95. The number of hydrogen-bond donors (Lipinski definition) is 2. The molecular weight excluding hydrogens is 310 g/mol. The maximum Gasteiger partial charge on any atom is 0.292 e. The SMILES string of the molecule is Cc1ccc(-n2nnc(C(=O)NNC(=O)C3CCCO3)c2C)cc1. The van der Waals surface area contributed by atoms with Crippen LogP contribution in [-0.2, 0) is 9.53 Å². The summed E-state index contributed by atoms with van der Waals surface area (Å²) < 4.78 is 6.83. The Balaban J connectivity index is 1.67. The molecule has 1 saturated heterocycles. The fraction of sp³-hybridized carbons (Fsp3) is 0.375. The van der Waals surface area contributed by atoms with E-state index in [1.54, 1.807) is 11.6 Å². The first kappa shape index (κ1) is 16.1. The second-order valence-corrected chi connectivity index (χ2v) is 5.72. The van der Waals surface area contributed by atoms with Crippen molar-refractivity contribution in [2.24, 2.45) is 0 Å². The van der Waals surface area contributed by atoms with E-state index in [-0.39, 0.29) is 11.6 Å². The monoisotopic (exact) mass is 329 g/mol. The number of aryl methyl sites for hydroxylation is 1. The number of carbonyl (C=O) groups is 2. The van der Waals surface area contributed by atoms with Crippen LogP contribution >= 0.6 is 0 Å². The highest BCUT2D eigenvalue weighted by atomic mass is 16.5. The van der Waals surface area contributed by atoms with E-state index in [0.29, 0.717) is 18.7 Å². The molecule has 8 heteroatoms. The van der Waals surface area contributed by atoms with Gasteiger partial charge in [0, 0.05) is 6.61 Å². The number of ether oxygens (including phenoxy) is 1. The molecule has 1 fully saturated rings. The second kappa shape index (κ2) is 6.79. The lowest BCUT2D eigenvalue weighted by molar-refractivity contribution is -0.130. The molecule has 1 aliphatic heterocycles. The maximum atomic E-state index is 12.2. The Kier molecular flexibility index (Phi) is 4.57. The zero-order chi connectivity index (χ0) is 17.1. The van der Waals surface area contributed by atoms with Crippen LogP contribution in [0.4, 0.5) is 0 Å². The second-order valence-electron chi connectivity index (χ2n) is 5.72. The van der Waals surface area contributed by atoms with Crippen LogP contribution < -0.4 is 10.9 Å². The van der Waals surface area contributed by atoms with Crippen molar-refractivity contribution in [1.82, 2.24) is 25.8 Å². The van der Waals surface area contributed by atoms with Crippen LogP contribution in [-0.4, -0.2) is 39.5 Å². The number of hydrazine groups is 1. The number of benzene rings is 1. The Morgan fingerprint density at radius 1 is 1.21 bits per heavy atom. The van der Waals surface area contributed by atoms with Gasteiger partial charge in [-0.25, -0.2) is 4.68 Å². The molecule has 1 unspecified atom stereocenters. The zero-order valence-corrected chi connectivity index (χ0v) is 13.6. The largest absolute Gasteiger partial charge is 0.368 e. The Morgan fingerprint density at radius 2 is 1.96 bits per heavy atom. The van der Waals surface area contributed by atoms with Crippen molar-refractivity contribution >= 4 is 11.8 Å². The topological polar surface area (TPSA) is 98.1 Å². The standard InChI is InChI=1S/C16H19N5O3/c1-10-5-7-12(8-6-10)21-11(2)14(17-20-21)16(23)19-18-15(22)13-4-3-9-24-13/h5-8,13H,3-4,9H2,1-2H3,(H,18,22)(H,19,23). The number of hydrogen-bond acceptors (Lipinski definition) is 5. The average molecular weight is 329 g/mol. The zero-order valence-electron chi connectivity index (χ0n) is 13.6. The van der Waals surface area contributed by atoms with Gasteiger partial charge in [0.15, 0.2) is 5.69 Å². The smallest absolute Gasteiger partial charge is 0.292 e. The van der Waals surface area contributed by atoms with Gasteiger partial charge in [-0.3, -0.25) is 20.4 Å². The molecule has 1 atom stereocenters. The van der Waals surface area contributed by atoms with Crippen LogP contribution in [0.3, 0.4) is 0 Å². The quantitative estimate of drug-likeness (QED) is 0.813. The Morgan fingerprint density at radius 3 is 2.62 bits per heavy atom. The molecule has 0 saturated carbocycles. The van der Waals surface area contributed by atoms with Crippen molar-refractivity contribution in [2.75, 3.05) is 6.61 Å². The van der Waals surface area contributed by atoms with Crippen molar-refractivity contribution in [3.63, 3.8) is 0 Å². The van der Waals surface area contributed by atoms with Crippen LogP contribution in [0.25, 0.3) is 5.69 Å². The predicted molar refractivity (Wildman–Crippen MR) is 85.4 cm³/mol. The van der Waals surface area contributed by atoms with Crippen molar-refractivity contribution in [3.05, 3.63) is 41.2 Å². The third kappa shape index (κ3) is 3.28. The number of nitrogens with zero attached hydrogens (tertiary/aromatic N) is 3. The first-order chi connectivity index (χ1) is 11.6. The van der Waals surface area contributed by atoms with Gasteiger partial charge in [-0.1, -0.05) is 22.9 Å². The molecule has 1 aromatic heterocycles. The summed E-state index contributed by atoms with van der Waals surface area (Å²) in [5.41, 5.74) is 7.41. The van der Waals surface area contributed by atoms with Gasteiger partial charge < -0.3 is 4.74 Å². The first-order valence-electron chi connectivity index (χ1n) is 7.77. The Hall–Kier alpha value is -2.74. The fourth-order valence-electron chi connectivity index (χ4n) is 2.51. The van der Waals surface area contributed by atoms with Gasteiger partial charge in [0.05, 0.1) is 11.4 Å². The Labute approximate surface area is 139 Å². The van der Waals surface area contributed by atoms with E-state index in [9.17, 15) is 9.59 Å². The van der Waals surface area contributed by atoms with Crippen LogP contribution in [0.1, 0.15) is 34.6 Å². The van der Waals surface area contributed by atoms with Gasteiger partial charge in [-0.05, 0) is 38.8 Å². The third-order valence-corrected chi connectivity index (χ3v) is 3.91. The van der Waals surface area contributed by atoms with Crippen LogP contribution in [0, 0.1) is 13.8 Å². The van der Waals surface area contributed by atoms with Crippen molar-refractivity contribution in [2.45, 2.75) is 32.8 Å². The molecule has 126 valence electrons. The van der Waals surface area contributed by atoms with E-state index in [1.165, 1.54) is 0 Å². The van der Waals surface area contributed by atoms with Crippen LogP contribution in [0.5, 0.6) is 0 Å². The van der Waals surface area contributed by atoms with Gasteiger partial charge in [-0.15, -0.1) is 5.10 Å². The third-order valence-electron chi connectivity index (χ3n) is 3.91. The normalized spacial score (nSPS) is 16.8. The molecule has 0 spiro atoms. The molecule has 8 nitrogen and oxygen atoms in total. The average Bonchev–Trinajstić information content (AvgIpc) is 3.23. The number of amides is 2. The minimum atomic E-state index is -0.516. The maximum absolute atomic E-state index is 12.2. The van der Waals surface area contributed by atoms with Gasteiger partial charge in [0.1, 0.15) is 6.10 Å². The van der Waals surface area contributed by atoms with E-state index in [0.717, 1.165) is 17.7 Å². The first-order valence-corrected chi connectivity index (χ1v) is 7.77. The van der Waals surface area contributed by atoms with Gasteiger partial charge in [-0.2, -0.15) is 0 Å². The van der Waals surface area contributed by atoms with Crippen LogP contribution in [0.2, 0.25) is 0 Å². The summed E-state index contributed by atoms with van der Waals surface area (Å²) >= 11 is 0. The molecule has 0 aliphatic carbocycles. The molecule has 2 aromatic rings. The summed E-state index contributed by atoms with van der Waals surface area (Å²) in [6.45, 7) is 4.31. The minimum absolute atomic E-state index is 0.156. The summed E-state index contributed by atoms with van der Waals surface area (Å²) in [6, 6.07) is 7.71. The summed E-state index contributed by atoms with van der Waals surface area (Å²) in [6.07, 6.45) is 0.995. The van der Waals surface area contributed by atoms with E-state index < -0.39 is 12.0 Å². The number of nitrogens with one attached hydrogen (secondary N) is 2. The summed E-state index contributed by atoms with van der Waals surface area (Å²) in [4.78, 5) is 24.0. The Bertz CT molecular complexity index is 748. The van der Waals surface area contributed by atoms with E-state index in [1.807, 2.05) is 31.2 Å². The lowest BCUT2D eigenvalue weighted by atomic mass is 10.2. The lowest BCUT2D eigenvalue weighted by Crippen LogP contribution is -2.46. The van der Waals surface area contributed by atoms with E-state index in [2.05, 4.69) is 21.2 Å². The molecule has 1 aliphatic rings. The molecule has 24 heavy (non-hydrogen) atoms. The van der Waals surface area contributed by atoms with Gasteiger partial charge in [0.25, 0.3) is 11.8 Å². The molecule has 2 amide bonds. The summed E-state index contributed by atoms with van der Waals surface area (Å²) in [5, 5.41) is 7.92. The molecule has 0 bridgehead atoms. The molecule has 1 aromatic carbocycles. The molecule has 2 heterocycles. The highest BCUT2D eigenvalue weighted by Gasteiger charge is 2.24. The lowest BCUT2D eigenvalue weighted by Gasteiger charge is -2.10. The molecular formula is C16H19N5O3. The van der Waals surface area contributed by atoms with E-state index in [4.69, 9.17) is 4.74 Å². The van der Waals surface area contributed by atoms with Gasteiger partial charge in [0.2, 0.25) is 0 Å². The molecule has 0 radical (unpaired) electrons. The highest BCUT2D eigenvalue weighted by Crippen LogP contribution is 2.13. The molecule has 3 rings (SSSR count). The number of carbonyl (C=O) groups excluding carboxylic acids is 2. The molecule has 2 N–H and O–H groups in total. The summed E-state index contributed by atoms with van der Waals surface area (Å²) in [7, 11) is 0. The van der Waals surface area contributed by atoms with Gasteiger partial charge >= 0.3 is 0 Å². The number of aromatic nitrogens is 3. The minimum Gasteiger partial charge on any atom is -0.368 e. The number of rotatable bonds is 3. The summed E-state index contributed by atoms with van der Waals surface area (Å²) in [5.74, 6) is -0.873. The van der Waals surface area contributed by atoms with Crippen LogP contribution in [0.15, 0.2) is 24.3 Å². The van der Waals surface area contributed by atoms with Crippen molar-refractivity contribution in [1.29, 1.82) is 0 Å². The predicted octanol–water partition coefficient (Wildman–Crippen LogP) is 0.824.